The number of methoxy groups -OCH3 is 1. The van der Waals surface area contributed by atoms with Gasteiger partial charge in [-0.15, -0.1) is 0 Å². The number of hydrogen-bond acceptors (Lipinski definition) is 4. The van der Waals surface area contributed by atoms with Crippen LogP contribution in [0.1, 0.15) is 50.7 Å². The van der Waals surface area contributed by atoms with Crippen molar-refractivity contribution in [2.75, 3.05) is 20.2 Å². The van der Waals surface area contributed by atoms with Crippen LogP contribution in [0, 0.1) is 0 Å². The van der Waals surface area contributed by atoms with E-state index in [0.717, 1.165) is 41.7 Å². The Balaban J connectivity index is 1.92. The summed E-state index contributed by atoms with van der Waals surface area (Å²) < 4.78 is 5.36. The number of aliphatic hydroxyl groups excluding tert-OH is 1. The SMILES string of the molecule is CCCCN1CCCC[C@H]1[C@H](O)c1ccnc2ccc(OC)cc12. The van der Waals surface area contributed by atoms with E-state index in [1.807, 2.05) is 24.3 Å². The van der Waals surface area contributed by atoms with Crippen LogP contribution < -0.4 is 4.74 Å². The van der Waals surface area contributed by atoms with Gasteiger partial charge in [0.1, 0.15) is 5.75 Å². The van der Waals surface area contributed by atoms with E-state index in [9.17, 15) is 5.11 Å². The Morgan fingerprint density at radius 3 is 3.00 bits per heavy atom. The maximum atomic E-state index is 11.2. The summed E-state index contributed by atoms with van der Waals surface area (Å²) in [5.41, 5.74) is 1.87. The normalized spacial score (nSPS) is 20.2. The Morgan fingerprint density at radius 1 is 1.33 bits per heavy atom. The molecule has 0 saturated carbocycles. The second-order valence-corrected chi connectivity index (χ2v) is 6.68. The molecular weight excluding hydrogens is 300 g/mol. The Hall–Kier alpha value is -1.65. The highest BCUT2D eigenvalue weighted by atomic mass is 16.5. The lowest BCUT2D eigenvalue weighted by Gasteiger charge is -2.38. The van der Waals surface area contributed by atoms with Crippen LogP contribution in [-0.4, -0.2) is 41.2 Å². The van der Waals surface area contributed by atoms with Gasteiger partial charge < -0.3 is 9.84 Å². The predicted octanol–water partition coefficient (Wildman–Crippen LogP) is 3.93. The molecule has 0 spiro atoms. The Kier molecular flexibility index (Phi) is 5.69. The fourth-order valence-electron chi connectivity index (χ4n) is 3.75. The van der Waals surface area contributed by atoms with Gasteiger partial charge in [-0.25, -0.2) is 0 Å². The van der Waals surface area contributed by atoms with Crippen molar-refractivity contribution < 1.29 is 9.84 Å². The van der Waals surface area contributed by atoms with Crippen LogP contribution in [0.25, 0.3) is 10.9 Å². The van der Waals surface area contributed by atoms with Crippen LogP contribution in [0.3, 0.4) is 0 Å². The first kappa shape index (κ1) is 17.2. The molecule has 1 aliphatic rings. The number of likely N-dealkylation sites (tertiary alicyclic amines) is 1. The maximum absolute atomic E-state index is 11.2. The number of piperidine rings is 1. The van der Waals surface area contributed by atoms with Crippen LogP contribution in [0.5, 0.6) is 5.75 Å². The smallest absolute Gasteiger partial charge is 0.119 e. The molecule has 2 heterocycles. The monoisotopic (exact) mass is 328 g/mol. The van der Waals surface area contributed by atoms with Crippen LogP contribution in [0.4, 0.5) is 0 Å². The first-order valence-electron chi connectivity index (χ1n) is 9.09. The molecule has 0 amide bonds. The van der Waals surface area contributed by atoms with Crippen LogP contribution in [-0.2, 0) is 0 Å². The van der Waals surface area contributed by atoms with E-state index < -0.39 is 6.10 Å². The maximum Gasteiger partial charge on any atom is 0.119 e. The van der Waals surface area contributed by atoms with Gasteiger partial charge in [-0.1, -0.05) is 19.8 Å². The molecule has 1 aromatic carbocycles. The number of benzene rings is 1. The summed E-state index contributed by atoms with van der Waals surface area (Å²) in [5.74, 6) is 0.801. The molecule has 0 unspecified atom stereocenters. The van der Waals surface area contributed by atoms with E-state index in [2.05, 4.69) is 16.8 Å². The van der Waals surface area contributed by atoms with Gasteiger partial charge in [-0.2, -0.15) is 0 Å². The molecule has 0 aliphatic carbocycles. The topological polar surface area (TPSA) is 45.6 Å². The Labute approximate surface area is 144 Å². The number of pyridine rings is 1. The number of aliphatic hydroxyl groups is 1. The van der Waals surface area contributed by atoms with Crippen molar-refractivity contribution in [1.29, 1.82) is 0 Å². The number of fused-ring (bicyclic) bond motifs is 1. The van der Waals surface area contributed by atoms with Gasteiger partial charge in [0.15, 0.2) is 0 Å². The van der Waals surface area contributed by atoms with Gasteiger partial charge in [-0.3, -0.25) is 9.88 Å². The lowest BCUT2D eigenvalue weighted by atomic mass is 9.91. The van der Waals surface area contributed by atoms with E-state index >= 15 is 0 Å². The van der Waals surface area contributed by atoms with Crippen molar-refractivity contribution in [2.24, 2.45) is 0 Å². The van der Waals surface area contributed by atoms with Crippen LogP contribution in [0.15, 0.2) is 30.5 Å². The minimum absolute atomic E-state index is 0.196. The molecular formula is C20H28N2O2. The van der Waals surface area contributed by atoms with E-state index in [1.165, 1.54) is 25.7 Å². The number of ether oxygens (including phenoxy) is 1. The minimum Gasteiger partial charge on any atom is -0.497 e. The average Bonchev–Trinajstić information content (AvgIpc) is 2.65. The molecule has 1 N–H and O–H groups in total. The Bertz CT molecular complexity index is 674. The van der Waals surface area contributed by atoms with Crippen molar-refractivity contribution in [3.8, 4) is 5.75 Å². The largest absolute Gasteiger partial charge is 0.497 e. The van der Waals surface area contributed by atoms with Crippen molar-refractivity contribution in [2.45, 2.75) is 51.2 Å². The third kappa shape index (κ3) is 3.55. The number of unbranched alkanes of at least 4 members (excludes halogenated alkanes) is 1. The van der Waals surface area contributed by atoms with Gasteiger partial charge in [-0.05, 0) is 62.2 Å². The van der Waals surface area contributed by atoms with Crippen molar-refractivity contribution in [1.82, 2.24) is 9.88 Å². The zero-order chi connectivity index (χ0) is 16.9. The first-order chi connectivity index (χ1) is 11.7. The molecule has 1 fully saturated rings. The van der Waals surface area contributed by atoms with Gasteiger partial charge in [0.05, 0.1) is 18.7 Å². The number of hydrogen-bond donors (Lipinski definition) is 1. The molecule has 4 heteroatoms. The molecule has 1 aliphatic heterocycles. The van der Waals surface area contributed by atoms with Crippen molar-refractivity contribution >= 4 is 10.9 Å². The fourth-order valence-corrected chi connectivity index (χ4v) is 3.75. The minimum atomic E-state index is -0.486. The van der Waals surface area contributed by atoms with E-state index in [4.69, 9.17) is 4.74 Å². The molecule has 0 bridgehead atoms. The summed E-state index contributed by atoms with van der Waals surface area (Å²) in [4.78, 5) is 6.91. The lowest BCUT2D eigenvalue weighted by molar-refractivity contribution is 0.0250. The molecule has 4 nitrogen and oxygen atoms in total. The summed E-state index contributed by atoms with van der Waals surface area (Å²) in [7, 11) is 1.67. The number of nitrogens with zero attached hydrogens (tertiary/aromatic N) is 2. The second-order valence-electron chi connectivity index (χ2n) is 6.68. The van der Waals surface area contributed by atoms with Crippen LogP contribution >= 0.6 is 0 Å². The highest BCUT2D eigenvalue weighted by Crippen LogP contribution is 2.33. The summed E-state index contributed by atoms with van der Waals surface area (Å²) in [5, 5.41) is 12.2. The highest BCUT2D eigenvalue weighted by Gasteiger charge is 2.30. The highest BCUT2D eigenvalue weighted by molar-refractivity contribution is 5.83. The van der Waals surface area contributed by atoms with E-state index in [0.29, 0.717) is 0 Å². The number of aromatic nitrogens is 1. The molecule has 24 heavy (non-hydrogen) atoms. The lowest BCUT2D eigenvalue weighted by Crippen LogP contribution is -2.43. The standard InChI is InChI=1S/C20H28N2O2/c1-3-4-12-22-13-6-5-7-19(22)20(23)16-10-11-21-18-9-8-15(24-2)14-17(16)18/h8-11,14,19-20,23H,3-7,12-13H2,1-2H3/t19-,20+/m0/s1. The molecule has 0 radical (unpaired) electrons. The second kappa shape index (κ2) is 7.95. The Morgan fingerprint density at radius 2 is 2.21 bits per heavy atom. The first-order valence-corrected chi connectivity index (χ1v) is 9.09. The zero-order valence-electron chi connectivity index (χ0n) is 14.7. The third-order valence-corrected chi connectivity index (χ3v) is 5.13. The van der Waals surface area contributed by atoms with E-state index in [-0.39, 0.29) is 6.04 Å². The summed E-state index contributed by atoms with van der Waals surface area (Å²) in [6.45, 7) is 4.39. The molecule has 130 valence electrons. The average molecular weight is 328 g/mol. The summed E-state index contributed by atoms with van der Waals surface area (Å²) >= 11 is 0. The van der Waals surface area contributed by atoms with Gasteiger partial charge in [0.2, 0.25) is 0 Å². The summed E-state index contributed by atoms with van der Waals surface area (Å²) in [6, 6.07) is 8.01. The molecule has 2 aromatic rings. The van der Waals surface area contributed by atoms with E-state index in [1.54, 1.807) is 13.3 Å². The van der Waals surface area contributed by atoms with Gasteiger partial charge >= 0.3 is 0 Å². The van der Waals surface area contributed by atoms with Crippen molar-refractivity contribution in [3.05, 3.63) is 36.0 Å². The fraction of sp³-hybridized carbons (Fsp3) is 0.550. The summed E-state index contributed by atoms with van der Waals surface area (Å²) in [6.07, 6.45) is 7.17. The third-order valence-electron chi connectivity index (χ3n) is 5.13. The predicted molar refractivity (Wildman–Crippen MR) is 97.4 cm³/mol. The van der Waals surface area contributed by atoms with Gasteiger partial charge in [0, 0.05) is 17.6 Å². The molecule has 2 atom stereocenters. The molecule has 1 aromatic heterocycles. The van der Waals surface area contributed by atoms with Crippen LogP contribution in [0.2, 0.25) is 0 Å². The zero-order valence-corrected chi connectivity index (χ0v) is 14.7. The quantitative estimate of drug-likeness (QED) is 0.872. The van der Waals surface area contributed by atoms with Crippen molar-refractivity contribution in [3.63, 3.8) is 0 Å². The molecule has 3 rings (SSSR count). The van der Waals surface area contributed by atoms with Gasteiger partial charge in [0.25, 0.3) is 0 Å². The molecule has 1 saturated heterocycles. The number of rotatable bonds is 6.